The van der Waals surface area contributed by atoms with E-state index in [0.29, 0.717) is 17.5 Å². The molecule has 1 aromatic carbocycles. The van der Waals surface area contributed by atoms with Gasteiger partial charge < -0.3 is 10.4 Å². The molecule has 0 aliphatic heterocycles. The fourth-order valence-corrected chi connectivity index (χ4v) is 1.75. The Bertz CT molecular complexity index is 505. The molecular formula is C15H19NO4. The first-order valence-corrected chi connectivity index (χ1v) is 6.53. The van der Waals surface area contributed by atoms with Crippen molar-refractivity contribution in [2.45, 2.75) is 33.2 Å². The summed E-state index contributed by atoms with van der Waals surface area (Å²) in [5, 5.41) is 11.5. The second kappa shape index (κ2) is 6.84. The van der Waals surface area contributed by atoms with Gasteiger partial charge in [0.1, 0.15) is 6.04 Å². The van der Waals surface area contributed by atoms with E-state index in [0.717, 1.165) is 0 Å². The molecule has 2 N–H and O–H groups in total. The van der Waals surface area contributed by atoms with Gasteiger partial charge in [-0.1, -0.05) is 32.9 Å². The third-order valence-electron chi connectivity index (χ3n) is 3.01. The van der Waals surface area contributed by atoms with Crippen LogP contribution >= 0.6 is 0 Å². The third kappa shape index (κ3) is 3.91. The van der Waals surface area contributed by atoms with E-state index in [1.54, 1.807) is 32.9 Å². The fraction of sp³-hybridized carbons (Fsp3) is 0.400. The third-order valence-corrected chi connectivity index (χ3v) is 3.01. The molecule has 1 rings (SSSR count). The minimum atomic E-state index is -1.06. The van der Waals surface area contributed by atoms with Crippen LogP contribution in [0.3, 0.4) is 0 Å². The van der Waals surface area contributed by atoms with Crippen LogP contribution in [0.2, 0.25) is 0 Å². The van der Waals surface area contributed by atoms with Crippen molar-refractivity contribution in [1.82, 2.24) is 5.32 Å². The SMILES string of the molecule is CCC(=O)c1ccc(C(=O)N[C@H](C(=O)O)C(C)C)cc1. The highest BCUT2D eigenvalue weighted by Crippen LogP contribution is 2.09. The zero-order chi connectivity index (χ0) is 15.3. The van der Waals surface area contributed by atoms with Crippen molar-refractivity contribution in [1.29, 1.82) is 0 Å². The lowest BCUT2D eigenvalue weighted by Gasteiger charge is -2.17. The van der Waals surface area contributed by atoms with Crippen LogP contribution in [0, 0.1) is 5.92 Å². The Morgan fingerprint density at radius 2 is 1.60 bits per heavy atom. The second-order valence-electron chi connectivity index (χ2n) is 4.89. The number of carboxylic acid groups (broad SMARTS) is 1. The van der Waals surface area contributed by atoms with Gasteiger partial charge in [-0.2, -0.15) is 0 Å². The number of carbonyl (C=O) groups excluding carboxylic acids is 2. The number of rotatable bonds is 6. The summed E-state index contributed by atoms with van der Waals surface area (Å²) in [4.78, 5) is 34.5. The molecule has 1 aromatic rings. The van der Waals surface area contributed by atoms with Gasteiger partial charge in [0.05, 0.1) is 0 Å². The maximum absolute atomic E-state index is 12.0. The number of benzene rings is 1. The zero-order valence-electron chi connectivity index (χ0n) is 11.8. The molecule has 0 aliphatic rings. The van der Waals surface area contributed by atoms with Crippen LogP contribution in [-0.4, -0.2) is 28.8 Å². The highest BCUT2D eigenvalue weighted by molar-refractivity contribution is 5.99. The lowest BCUT2D eigenvalue weighted by molar-refractivity contribution is -0.140. The summed E-state index contributed by atoms with van der Waals surface area (Å²) in [7, 11) is 0. The molecule has 0 spiro atoms. The maximum Gasteiger partial charge on any atom is 0.326 e. The topological polar surface area (TPSA) is 83.5 Å². The number of hydrogen-bond donors (Lipinski definition) is 2. The Hall–Kier alpha value is -2.17. The van der Waals surface area contributed by atoms with Gasteiger partial charge in [-0.15, -0.1) is 0 Å². The van der Waals surface area contributed by atoms with Gasteiger partial charge >= 0.3 is 5.97 Å². The summed E-state index contributed by atoms with van der Waals surface area (Å²) >= 11 is 0. The van der Waals surface area contributed by atoms with Gasteiger partial charge in [0.25, 0.3) is 5.91 Å². The predicted molar refractivity (Wildman–Crippen MR) is 74.8 cm³/mol. The quantitative estimate of drug-likeness (QED) is 0.780. The van der Waals surface area contributed by atoms with Crippen molar-refractivity contribution in [2.24, 2.45) is 5.92 Å². The van der Waals surface area contributed by atoms with Gasteiger partial charge in [0, 0.05) is 17.5 Å². The van der Waals surface area contributed by atoms with E-state index in [2.05, 4.69) is 5.32 Å². The Balaban J connectivity index is 2.82. The van der Waals surface area contributed by atoms with Crippen molar-refractivity contribution in [3.8, 4) is 0 Å². The fourth-order valence-electron chi connectivity index (χ4n) is 1.75. The molecule has 0 saturated heterocycles. The smallest absolute Gasteiger partial charge is 0.326 e. The van der Waals surface area contributed by atoms with Crippen LogP contribution in [0.5, 0.6) is 0 Å². The number of hydrogen-bond acceptors (Lipinski definition) is 3. The van der Waals surface area contributed by atoms with Gasteiger partial charge in [-0.25, -0.2) is 4.79 Å². The second-order valence-corrected chi connectivity index (χ2v) is 4.89. The molecule has 1 atom stereocenters. The number of amides is 1. The summed E-state index contributed by atoms with van der Waals surface area (Å²) in [5.74, 6) is -1.73. The van der Waals surface area contributed by atoms with Crippen molar-refractivity contribution < 1.29 is 19.5 Å². The number of carbonyl (C=O) groups is 3. The van der Waals surface area contributed by atoms with E-state index < -0.39 is 17.9 Å². The molecule has 1 amide bonds. The maximum atomic E-state index is 12.0. The number of aliphatic carboxylic acids is 1. The minimum absolute atomic E-state index is 0.00236. The van der Waals surface area contributed by atoms with E-state index >= 15 is 0 Å². The van der Waals surface area contributed by atoms with Gasteiger partial charge in [0.15, 0.2) is 5.78 Å². The van der Waals surface area contributed by atoms with Crippen LogP contribution in [0.15, 0.2) is 24.3 Å². The molecule has 0 unspecified atom stereocenters. The van der Waals surface area contributed by atoms with E-state index in [4.69, 9.17) is 5.11 Å². The molecule has 0 radical (unpaired) electrons. The minimum Gasteiger partial charge on any atom is -0.480 e. The van der Waals surface area contributed by atoms with Crippen molar-refractivity contribution >= 4 is 17.7 Å². The summed E-state index contributed by atoms with van der Waals surface area (Å²) in [6, 6.07) is 5.27. The molecule has 0 aliphatic carbocycles. The Labute approximate surface area is 118 Å². The molecule has 0 fully saturated rings. The summed E-state index contributed by atoms with van der Waals surface area (Å²) < 4.78 is 0. The first kappa shape index (κ1) is 15.9. The molecule has 20 heavy (non-hydrogen) atoms. The van der Waals surface area contributed by atoms with Crippen LogP contribution in [0.1, 0.15) is 47.9 Å². The Kier molecular flexibility index (Phi) is 5.43. The van der Waals surface area contributed by atoms with E-state index in [-0.39, 0.29) is 11.7 Å². The number of nitrogens with one attached hydrogen (secondary N) is 1. The summed E-state index contributed by atoms with van der Waals surface area (Å²) in [6.07, 6.45) is 0.403. The van der Waals surface area contributed by atoms with Crippen LogP contribution in [0.25, 0.3) is 0 Å². The van der Waals surface area contributed by atoms with E-state index in [9.17, 15) is 14.4 Å². The highest BCUT2D eigenvalue weighted by Gasteiger charge is 2.23. The zero-order valence-corrected chi connectivity index (χ0v) is 11.8. The van der Waals surface area contributed by atoms with Crippen LogP contribution in [-0.2, 0) is 4.79 Å². The molecule has 5 nitrogen and oxygen atoms in total. The highest BCUT2D eigenvalue weighted by atomic mass is 16.4. The van der Waals surface area contributed by atoms with Crippen LogP contribution < -0.4 is 5.32 Å². The van der Waals surface area contributed by atoms with Gasteiger partial charge in [0.2, 0.25) is 0 Å². The Morgan fingerprint density at radius 1 is 1.10 bits per heavy atom. The lowest BCUT2D eigenvalue weighted by Crippen LogP contribution is -2.44. The van der Waals surface area contributed by atoms with Crippen LogP contribution in [0.4, 0.5) is 0 Å². The number of Topliss-reactive ketones (excluding diaryl/α,β-unsaturated/α-hetero) is 1. The largest absolute Gasteiger partial charge is 0.480 e. The molecule has 0 saturated carbocycles. The number of carboxylic acids is 1. The molecule has 0 aromatic heterocycles. The summed E-state index contributed by atoms with van der Waals surface area (Å²) in [5.41, 5.74) is 0.882. The average molecular weight is 277 g/mol. The first-order valence-electron chi connectivity index (χ1n) is 6.53. The normalized spacial score (nSPS) is 12.0. The van der Waals surface area contributed by atoms with Gasteiger partial charge in [-0.3, -0.25) is 9.59 Å². The van der Waals surface area contributed by atoms with Gasteiger partial charge in [-0.05, 0) is 18.1 Å². The average Bonchev–Trinajstić information content (AvgIpc) is 2.43. The lowest BCUT2D eigenvalue weighted by atomic mass is 10.0. The predicted octanol–water partition coefficient (Wildman–Crippen LogP) is 2.12. The summed E-state index contributed by atoms with van der Waals surface area (Å²) in [6.45, 7) is 5.22. The Morgan fingerprint density at radius 3 is 2.00 bits per heavy atom. The van der Waals surface area contributed by atoms with Crippen molar-refractivity contribution in [3.63, 3.8) is 0 Å². The molecule has 0 heterocycles. The number of ketones is 1. The first-order chi connectivity index (χ1) is 9.36. The monoisotopic (exact) mass is 277 g/mol. The standard InChI is InChI=1S/C15H19NO4/c1-4-12(17)10-5-7-11(8-6-10)14(18)16-13(9(2)3)15(19)20/h5-9,13H,4H2,1-3H3,(H,16,18)(H,19,20)/t13-/m0/s1. The molecule has 0 bridgehead atoms. The van der Waals surface area contributed by atoms with Crippen molar-refractivity contribution in [2.75, 3.05) is 0 Å². The molecular weight excluding hydrogens is 258 g/mol. The molecule has 108 valence electrons. The van der Waals surface area contributed by atoms with E-state index in [1.165, 1.54) is 12.1 Å². The molecule has 5 heteroatoms. The van der Waals surface area contributed by atoms with E-state index in [1.807, 2.05) is 0 Å². The van der Waals surface area contributed by atoms with Crippen molar-refractivity contribution in [3.05, 3.63) is 35.4 Å².